The highest BCUT2D eigenvalue weighted by Gasteiger charge is 2.13. The van der Waals surface area contributed by atoms with Crippen LogP contribution in [0.25, 0.3) is 11.0 Å². The van der Waals surface area contributed by atoms with Gasteiger partial charge in [0.25, 0.3) is 5.91 Å². The topological polar surface area (TPSA) is 92.9 Å². The van der Waals surface area contributed by atoms with Crippen molar-refractivity contribution in [3.05, 3.63) is 84.7 Å². The van der Waals surface area contributed by atoms with E-state index in [1.165, 1.54) is 0 Å². The molecule has 27 heavy (non-hydrogen) atoms. The molecule has 0 bridgehead atoms. The highest BCUT2D eigenvalue weighted by molar-refractivity contribution is 7.92. The Hall–Kier alpha value is -3.29. The zero-order valence-electron chi connectivity index (χ0n) is 14.2. The number of rotatable bonds is 5. The maximum atomic E-state index is 12.4. The molecule has 1 unspecified atom stereocenters. The molecule has 1 aromatic heterocycles. The average molecular weight is 376 g/mol. The van der Waals surface area contributed by atoms with Crippen molar-refractivity contribution in [2.75, 3.05) is 10.0 Å². The molecule has 0 fully saturated rings. The summed E-state index contributed by atoms with van der Waals surface area (Å²) in [5, 5.41) is 2.83. The van der Waals surface area contributed by atoms with Crippen molar-refractivity contribution < 1.29 is 9.35 Å². The van der Waals surface area contributed by atoms with Gasteiger partial charge >= 0.3 is 0 Å². The van der Waals surface area contributed by atoms with E-state index >= 15 is 0 Å². The van der Waals surface area contributed by atoms with Gasteiger partial charge in [-0.25, -0.2) is 9.71 Å². The fourth-order valence-electron chi connectivity index (χ4n) is 2.61. The molecule has 4 rings (SSSR count). The number of hydrogen-bond donors (Lipinski definition) is 3. The van der Waals surface area contributed by atoms with Crippen LogP contribution in [0, 0.1) is 0 Å². The lowest BCUT2D eigenvalue weighted by Crippen LogP contribution is -2.14. The Balaban J connectivity index is 1.43. The first-order chi connectivity index (χ1) is 13.2. The monoisotopic (exact) mass is 376 g/mol. The Bertz CT molecular complexity index is 1060. The number of fused-ring (bicyclic) bond motifs is 1. The summed E-state index contributed by atoms with van der Waals surface area (Å²) in [7, 11) is 0. The van der Waals surface area contributed by atoms with E-state index in [0.717, 1.165) is 16.7 Å². The second kappa shape index (κ2) is 7.53. The van der Waals surface area contributed by atoms with E-state index < -0.39 is 11.4 Å². The molecular formula is C20H16N4O2S. The Labute approximate surface area is 159 Å². The minimum absolute atomic E-state index is 0.226. The van der Waals surface area contributed by atoms with Gasteiger partial charge in [0.2, 0.25) is 0 Å². The first-order valence-corrected chi connectivity index (χ1v) is 9.42. The van der Waals surface area contributed by atoms with E-state index in [-0.39, 0.29) is 5.91 Å². The number of H-pyrrole nitrogens is 1. The first kappa shape index (κ1) is 17.1. The highest BCUT2D eigenvalue weighted by atomic mass is 32.2. The predicted molar refractivity (Wildman–Crippen MR) is 107 cm³/mol. The van der Waals surface area contributed by atoms with Gasteiger partial charge in [-0.3, -0.25) is 4.79 Å². The molecular weight excluding hydrogens is 360 g/mol. The standard InChI is InChI=1S/C20H16N4O2S/c25-20(14-6-11-18-19(12-14)22-13-21-18)23-15-7-9-17(10-8-15)27(26)24-16-4-2-1-3-5-16/h1-13,24H,(H,21,22)(H,23,25). The van der Waals surface area contributed by atoms with Gasteiger partial charge in [0, 0.05) is 11.3 Å². The number of aromatic amines is 1. The van der Waals surface area contributed by atoms with Crippen LogP contribution in [0.2, 0.25) is 0 Å². The van der Waals surface area contributed by atoms with Gasteiger partial charge in [0.05, 0.1) is 23.0 Å². The number of hydrogen-bond acceptors (Lipinski definition) is 4. The number of amides is 1. The van der Waals surface area contributed by atoms with E-state index in [4.69, 9.17) is 0 Å². The normalized spacial score (nSPS) is 11.9. The van der Waals surface area contributed by atoms with Gasteiger partial charge in [0.1, 0.15) is 11.4 Å². The van der Waals surface area contributed by atoms with Crippen LogP contribution >= 0.6 is 0 Å². The Morgan fingerprint density at radius 3 is 2.52 bits per heavy atom. The van der Waals surface area contributed by atoms with Gasteiger partial charge < -0.3 is 14.9 Å². The molecule has 0 spiro atoms. The van der Waals surface area contributed by atoms with Crippen molar-refractivity contribution in [1.82, 2.24) is 9.97 Å². The van der Waals surface area contributed by atoms with Gasteiger partial charge in [0.15, 0.2) is 4.90 Å². The summed E-state index contributed by atoms with van der Waals surface area (Å²) >= 11 is -1.38. The minimum Gasteiger partial charge on any atom is -0.588 e. The Morgan fingerprint density at radius 2 is 1.74 bits per heavy atom. The summed E-state index contributed by atoms with van der Waals surface area (Å²) < 4.78 is 15.3. The molecule has 3 N–H and O–H groups in total. The quantitative estimate of drug-likeness (QED) is 0.460. The summed E-state index contributed by atoms with van der Waals surface area (Å²) in [6, 6.07) is 21.5. The van der Waals surface area contributed by atoms with Gasteiger partial charge in [-0.2, -0.15) is 0 Å². The fraction of sp³-hybridized carbons (Fsp3) is 0. The van der Waals surface area contributed by atoms with E-state index in [0.29, 0.717) is 16.1 Å². The summed E-state index contributed by atoms with van der Waals surface area (Å²) in [5.74, 6) is -0.226. The predicted octanol–water partition coefficient (Wildman–Crippen LogP) is 3.95. The summed E-state index contributed by atoms with van der Waals surface area (Å²) in [6.45, 7) is 0. The molecule has 0 aliphatic carbocycles. The van der Waals surface area contributed by atoms with Gasteiger partial charge in [-0.05, 0) is 54.6 Å². The van der Waals surface area contributed by atoms with Crippen molar-refractivity contribution in [3.8, 4) is 0 Å². The van der Waals surface area contributed by atoms with Crippen LogP contribution in [0.3, 0.4) is 0 Å². The molecule has 1 heterocycles. The zero-order valence-corrected chi connectivity index (χ0v) is 15.0. The van der Waals surface area contributed by atoms with Crippen LogP contribution < -0.4 is 10.0 Å². The van der Waals surface area contributed by atoms with Crippen LogP contribution in [0.4, 0.5) is 11.4 Å². The number of nitrogens with one attached hydrogen (secondary N) is 3. The number of carbonyl (C=O) groups is 1. The van der Waals surface area contributed by atoms with Crippen molar-refractivity contribution in [2.24, 2.45) is 0 Å². The van der Waals surface area contributed by atoms with Crippen molar-refractivity contribution in [2.45, 2.75) is 4.90 Å². The molecule has 3 aromatic carbocycles. The van der Waals surface area contributed by atoms with Crippen molar-refractivity contribution in [3.63, 3.8) is 0 Å². The lowest BCUT2D eigenvalue weighted by Gasteiger charge is -2.12. The molecule has 1 atom stereocenters. The van der Waals surface area contributed by atoms with Crippen LogP contribution in [0.15, 0.2) is 84.0 Å². The largest absolute Gasteiger partial charge is 0.588 e. The molecule has 4 aromatic rings. The number of aromatic nitrogens is 2. The van der Waals surface area contributed by atoms with E-state index in [1.54, 1.807) is 42.7 Å². The third-order valence-corrected chi connectivity index (χ3v) is 5.12. The summed E-state index contributed by atoms with van der Waals surface area (Å²) in [4.78, 5) is 20.2. The van der Waals surface area contributed by atoms with E-state index in [9.17, 15) is 9.35 Å². The lowest BCUT2D eigenvalue weighted by atomic mass is 10.2. The number of benzene rings is 3. The molecule has 134 valence electrons. The second-order valence-corrected chi connectivity index (χ2v) is 7.06. The van der Waals surface area contributed by atoms with Crippen LogP contribution in [-0.2, 0) is 11.4 Å². The summed E-state index contributed by atoms with van der Waals surface area (Å²) in [5.41, 5.74) is 3.54. The third-order valence-electron chi connectivity index (χ3n) is 3.99. The van der Waals surface area contributed by atoms with Crippen molar-refractivity contribution >= 4 is 39.7 Å². The number of anilines is 2. The zero-order chi connectivity index (χ0) is 18.6. The van der Waals surface area contributed by atoms with Crippen LogP contribution in [-0.4, -0.2) is 20.4 Å². The van der Waals surface area contributed by atoms with Crippen LogP contribution in [0.1, 0.15) is 10.4 Å². The number of nitrogens with zero attached hydrogens (tertiary/aromatic N) is 1. The van der Waals surface area contributed by atoms with Gasteiger partial charge in [-0.15, -0.1) is 0 Å². The van der Waals surface area contributed by atoms with Crippen LogP contribution in [0.5, 0.6) is 0 Å². The minimum atomic E-state index is -1.38. The number of imidazole rings is 1. The number of carbonyl (C=O) groups excluding carboxylic acids is 1. The summed E-state index contributed by atoms with van der Waals surface area (Å²) in [6.07, 6.45) is 1.59. The Kier molecular flexibility index (Phi) is 4.78. The van der Waals surface area contributed by atoms with Crippen molar-refractivity contribution in [1.29, 1.82) is 0 Å². The molecule has 0 aliphatic rings. The maximum Gasteiger partial charge on any atom is 0.255 e. The maximum absolute atomic E-state index is 12.4. The molecule has 0 aliphatic heterocycles. The molecule has 6 nitrogen and oxygen atoms in total. The molecule has 0 saturated heterocycles. The number of para-hydroxylation sites is 1. The van der Waals surface area contributed by atoms with Gasteiger partial charge in [-0.1, -0.05) is 18.2 Å². The first-order valence-electron chi connectivity index (χ1n) is 8.27. The molecule has 0 saturated carbocycles. The van der Waals surface area contributed by atoms with E-state index in [2.05, 4.69) is 20.0 Å². The smallest absolute Gasteiger partial charge is 0.255 e. The SMILES string of the molecule is O=C(Nc1ccc([S+]([O-])Nc2ccccc2)cc1)c1ccc2[nH]cnc2c1. The average Bonchev–Trinajstić information content (AvgIpc) is 3.17. The molecule has 7 heteroatoms. The third kappa shape index (κ3) is 3.94. The lowest BCUT2D eigenvalue weighted by molar-refractivity contribution is 0.102. The molecule has 0 radical (unpaired) electrons. The second-order valence-electron chi connectivity index (χ2n) is 5.85. The fourth-order valence-corrected chi connectivity index (χ4v) is 3.46. The van der Waals surface area contributed by atoms with E-state index in [1.807, 2.05) is 36.4 Å². The highest BCUT2D eigenvalue weighted by Crippen LogP contribution is 2.19. The molecule has 1 amide bonds. The Morgan fingerprint density at radius 1 is 0.963 bits per heavy atom.